The van der Waals surface area contributed by atoms with Crippen molar-refractivity contribution in [2.45, 2.75) is 51.8 Å². The van der Waals surface area contributed by atoms with Crippen LogP contribution in [0.1, 0.15) is 40.3 Å². The van der Waals surface area contributed by atoms with E-state index in [1.165, 1.54) is 16.7 Å². The Morgan fingerprint density at radius 3 is 2.54 bits per heavy atom. The van der Waals surface area contributed by atoms with Gasteiger partial charge in [-0.05, 0) is 36.8 Å². The number of ether oxygens (including phenoxy) is 1. The zero-order valence-corrected chi connectivity index (χ0v) is 27.8. The fourth-order valence-corrected chi connectivity index (χ4v) is 7.08. The van der Waals surface area contributed by atoms with Crippen molar-refractivity contribution in [1.82, 2.24) is 19.9 Å². The highest BCUT2D eigenvalue weighted by Gasteiger charge is 2.49. The summed E-state index contributed by atoms with van der Waals surface area (Å²) < 4.78 is 46.8. The predicted molar refractivity (Wildman–Crippen MR) is 177 cm³/mol. The third-order valence-electron chi connectivity index (χ3n) is 9.10. The number of aromatic nitrogens is 3. The van der Waals surface area contributed by atoms with Crippen molar-refractivity contribution in [1.29, 1.82) is 0 Å². The van der Waals surface area contributed by atoms with Crippen molar-refractivity contribution in [3.63, 3.8) is 0 Å². The molecule has 2 aromatic heterocycles. The van der Waals surface area contributed by atoms with Crippen LogP contribution in [0.5, 0.6) is 0 Å². The molecule has 1 saturated heterocycles. The Labute approximate surface area is 290 Å². The molecule has 11 nitrogen and oxygen atoms in total. The SMILES string of the molecule is Cc1cc(C(F)(F)F)cc(N2C(=O)C[C@@H]3CN(Cc4cnc5c(n4)CN(C(=O)OCc4ccccc4)C5)c4c(Cl)cccc4N(C)C(=O)[C@H]32)n1. The Hall–Kier alpha value is -5.24. The van der Waals surface area contributed by atoms with Gasteiger partial charge >= 0.3 is 12.3 Å². The van der Waals surface area contributed by atoms with E-state index >= 15 is 0 Å². The number of carbonyl (C=O) groups excluding carboxylic acids is 3. The molecule has 50 heavy (non-hydrogen) atoms. The first-order valence-electron chi connectivity index (χ1n) is 15.9. The summed E-state index contributed by atoms with van der Waals surface area (Å²) in [4.78, 5) is 60.1. The number of carbonyl (C=O) groups is 3. The summed E-state index contributed by atoms with van der Waals surface area (Å²) in [6.07, 6.45) is -3.65. The molecule has 0 radical (unpaired) electrons. The van der Waals surface area contributed by atoms with Gasteiger partial charge in [0, 0.05) is 31.6 Å². The average molecular weight is 706 g/mol. The zero-order chi connectivity index (χ0) is 35.3. The highest BCUT2D eigenvalue weighted by atomic mass is 35.5. The minimum Gasteiger partial charge on any atom is -0.445 e. The van der Waals surface area contributed by atoms with E-state index in [1.54, 1.807) is 31.4 Å². The van der Waals surface area contributed by atoms with E-state index in [2.05, 4.69) is 9.97 Å². The van der Waals surface area contributed by atoms with Gasteiger partial charge < -0.3 is 14.5 Å². The molecule has 2 aromatic carbocycles. The standard InChI is InChI=1S/C35H31ClF3N7O4/c1-20-11-23(35(37,38)39)13-29(41-20)46-30(47)12-22-15-44(32-25(36)9-6-10-28(32)43(2)33(48)31(22)46)16-24-14-40-26-17-45(18-27(26)42-24)34(49)50-19-21-7-4-3-5-8-21/h3-11,13-14,22,31H,12,15-19H2,1-2H3/t22-,31+/m1/s1. The number of pyridine rings is 1. The van der Waals surface area contributed by atoms with Gasteiger partial charge in [0.2, 0.25) is 11.8 Å². The number of rotatable bonds is 5. The second-order valence-electron chi connectivity index (χ2n) is 12.6. The first kappa shape index (κ1) is 33.3. The summed E-state index contributed by atoms with van der Waals surface area (Å²) in [7, 11) is 1.55. The van der Waals surface area contributed by atoms with Crippen LogP contribution in [0.15, 0.2) is 66.9 Å². The number of halogens is 4. The zero-order valence-electron chi connectivity index (χ0n) is 27.0. The molecule has 3 aliphatic heterocycles. The predicted octanol–water partition coefficient (Wildman–Crippen LogP) is 5.91. The largest absolute Gasteiger partial charge is 0.445 e. The molecule has 3 aliphatic rings. The number of alkyl halides is 3. The molecule has 0 bridgehead atoms. The van der Waals surface area contributed by atoms with Crippen LogP contribution >= 0.6 is 11.6 Å². The van der Waals surface area contributed by atoms with Gasteiger partial charge in [-0.3, -0.25) is 29.4 Å². The van der Waals surface area contributed by atoms with Gasteiger partial charge in [-0.15, -0.1) is 0 Å². The van der Waals surface area contributed by atoms with E-state index in [0.29, 0.717) is 33.5 Å². The first-order valence-corrected chi connectivity index (χ1v) is 16.2. The number of fused-ring (bicyclic) bond motifs is 3. The number of nitrogens with zero attached hydrogens (tertiary/aromatic N) is 7. The lowest BCUT2D eigenvalue weighted by Crippen LogP contribution is -2.52. The Morgan fingerprint density at radius 2 is 1.78 bits per heavy atom. The van der Waals surface area contributed by atoms with Crippen molar-refractivity contribution in [3.05, 3.63) is 106 Å². The Morgan fingerprint density at radius 1 is 1.02 bits per heavy atom. The number of anilines is 3. The van der Waals surface area contributed by atoms with Gasteiger partial charge in [0.05, 0.1) is 64.9 Å². The molecular formula is C35H31ClF3N7O4. The molecule has 15 heteroatoms. The molecule has 7 rings (SSSR count). The molecule has 0 aliphatic carbocycles. The van der Waals surface area contributed by atoms with Gasteiger partial charge in [0.15, 0.2) is 0 Å². The lowest BCUT2D eigenvalue weighted by atomic mass is 9.95. The number of aryl methyl sites for hydroxylation is 1. The first-order chi connectivity index (χ1) is 23.9. The van der Waals surface area contributed by atoms with Crippen molar-refractivity contribution >= 4 is 46.7 Å². The van der Waals surface area contributed by atoms with Crippen molar-refractivity contribution in [3.8, 4) is 0 Å². The minimum absolute atomic E-state index is 0.0645. The molecule has 0 spiro atoms. The van der Waals surface area contributed by atoms with E-state index in [9.17, 15) is 27.6 Å². The van der Waals surface area contributed by atoms with E-state index in [-0.39, 0.29) is 50.7 Å². The normalized spacial score (nSPS) is 18.8. The Bertz CT molecular complexity index is 2000. The number of hydrogen-bond acceptors (Lipinski definition) is 8. The third-order valence-corrected chi connectivity index (χ3v) is 9.41. The van der Waals surface area contributed by atoms with Crippen LogP contribution in [0.2, 0.25) is 5.02 Å². The maximum atomic E-state index is 14.1. The molecule has 0 N–H and O–H groups in total. The summed E-state index contributed by atoms with van der Waals surface area (Å²) in [6, 6.07) is 15.0. The van der Waals surface area contributed by atoms with Gasteiger partial charge in [0.25, 0.3) is 0 Å². The van der Waals surface area contributed by atoms with Crippen LogP contribution in [0.3, 0.4) is 0 Å². The Balaban J connectivity index is 1.17. The molecule has 3 amide bonds. The van der Waals surface area contributed by atoms with Crippen LogP contribution in [-0.2, 0) is 46.7 Å². The van der Waals surface area contributed by atoms with Crippen LogP contribution in [0.25, 0.3) is 0 Å². The van der Waals surface area contributed by atoms with Crippen LogP contribution in [-0.4, -0.2) is 57.4 Å². The number of hydrogen-bond donors (Lipinski definition) is 0. The minimum atomic E-state index is -4.67. The smallest absolute Gasteiger partial charge is 0.416 e. The lowest BCUT2D eigenvalue weighted by Gasteiger charge is -2.39. The van der Waals surface area contributed by atoms with Crippen LogP contribution in [0.4, 0.5) is 35.2 Å². The monoisotopic (exact) mass is 705 g/mol. The highest BCUT2D eigenvalue weighted by molar-refractivity contribution is 6.34. The number of amides is 3. The van der Waals surface area contributed by atoms with Crippen molar-refractivity contribution < 1.29 is 32.3 Å². The molecule has 2 atom stereocenters. The summed E-state index contributed by atoms with van der Waals surface area (Å²) in [6.45, 7) is 2.32. The summed E-state index contributed by atoms with van der Waals surface area (Å²) in [5, 5.41) is 0.360. The molecule has 1 fully saturated rings. The maximum absolute atomic E-state index is 14.1. The van der Waals surface area contributed by atoms with Crippen LogP contribution in [0, 0.1) is 12.8 Å². The van der Waals surface area contributed by atoms with E-state index in [1.807, 2.05) is 35.2 Å². The summed E-state index contributed by atoms with van der Waals surface area (Å²) in [5.74, 6) is -1.85. The number of likely N-dealkylation sites (N-methyl/N-ethyl adjacent to an activating group) is 1. The third kappa shape index (κ3) is 6.30. The quantitative estimate of drug-likeness (QED) is 0.252. The number of benzene rings is 2. The molecule has 5 heterocycles. The molecule has 0 saturated carbocycles. The van der Waals surface area contributed by atoms with E-state index < -0.39 is 41.6 Å². The fourth-order valence-electron chi connectivity index (χ4n) is 6.79. The summed E-state index contributed by atoms with van der Waals surface area (Å²) in [5.41, 5.74) is 2.77. The van der Waals surface area contributed by atoms with Gasteiger partial charge in [0.1, 0.15) is 18.5 Å². The second kappa shape index (κ2) is 12.9. The maximum Gasteiger partial charge on any atom is 0.416 e. The second-order valence-corrected chi connectivity index (χ2v) is 13.0. The summed E-state index contributed by atoms with van der Waals surface area (Å²) >= 11 is 6.77. The van der Waals surface area contributed by atoms with Crippen LogP contribution < -0.4 is 14.7 Å². The van der Waals surface area contributed by atoms with Gasteiger partial charge in [-0.1, -0.05) is 48.0 Å². The lowest BCUT2D eigenvalue weighted by molar-refractivity contribution is -0.137. The molecular weight excluding hydrogens is 675 g/mol. The highest BCUT2D eigenvalue weighted by Crippen LogP contribution is 2.43. The van der Waals surface area contributed by atoms with Gasteiger partial charge in [-0.2, -0.15) is 13.2 Å². The molecule has 0 unspecified atom stereocenters. The van der Waals surface area contributed by atoms with E-state index in [0.717, 1.165) is 22.6 Å². The molecule has 4 aromatic rings. The van der Waals surface area contributed by atoms with Crippen molar-refractivity contribution in [2.24, 2.45) is 5.92 Å². The van der Waals surface area contributed by atoms with Crippen molar-refractivity contribution in [2.75, 3.05) is 28.3 Å². The molecule has 258 valence electrons. The van der Waals surface area contributed by atoms with E-state index in [4.69, 9.17) is 21.3 Å². The Kier molecular flexibility index (Phi) is 8.58. The number of para-hydroxylation sites is 1. The van der Waals surface area contributed by atoms with Gasteiger partial charge in [-0.25, -0.2) is 9.78 Å². The fraction of sp³-hybridized carbons (Fsp3) is 0.314. The average Bonchev–Trinajstić information content (AvgIpc) is 3.65. The topological polar surface area (TPSA) is 112 Å².